The number of esters is 1. The first-order valence-corrected chi connectivity index (χ1v) is 6.38. The van der Waals surface area contributed by atoms with Crippen LogP contribution in [0.1, 0.15) is 34.1 Å². The zero-order chi connectivity index (χ0) is 15.1. The number of benzene rings is 1. The zero-order valence-corrected chi connectivity index (χ0v) is 11.5. The fraction of sp³-hybridized carbons (Fsp3) is 0.385. The summed E-state index contributed by atoms with van der Waals surface area (Å²) in [7, 11) is 0. The third-order valence-corrected chi connectivity index (χ3v) is 2.52. The molecule has 0 saturated carbocycles. The number of hydrogen-bond acceptors (Lipinski definition) is 4. The summed E-state index contributed by atoms with van der Waals surface area (Å²) in [6.07, 6.45) is -0.0140. The quantitative estimate of drug-likeness (QED) is 0.441. The van der Waals surface area contributed by atoms with Crippen molar-refractivity contribution in [1.29, 1.82) is 0 Å². The van der Waals surface area contributed by atoms with Crippen LogP contribution in [0.3, 0.4) is 0 Å². The first kappa shape index (κ1) is 16.4. The molecule has 0 aliphatic carbocycles. The van der Waals surface area contributed by atoms with E-state index in [2.05, 4.69) is 4.74 Å². The minimum absolute atomic E-state index is 0.0140. The monoisotopic (exact) mass is 306 g/mol. The van der Waals surface area contributed by atoms with Crippen LogP contribution in [0.25, 0.3) is 0 Å². The minimum atomic E-state index is -3.10. The summed E-state index contributed by atoms with van der Waals surface area (Å²) >= 11 is 5.44. The molecule has 0 saturated heterocycles. The van der Waals surface area contributed by atoms with Crippen molar-refractivity contribution in [2.45, 2.75) is 20.0 Å². The number of hydrogen-bond donors (Lipinski definition) is 0. The second kappa shape index (κ2) is 7.79. The molecule has 0 bridgehead atoms. The van der Waals surface area contributed by atoms with Crippen molar-refractivity contribution in [3.8, 4) is 5.75 Å². The van der Waals surface area contributed by atoms with Crippen LogP contribution in [-0.4, -0.2) is 30.9 Å². The molecule has 7 heteroatoms. The molecule has 0 aliphatic rings. The molecule has 1 aromatic rings. The third-order valence-electron chi connectivity index (χ3n) is 2.33. The third kappa shape index (κ3) is 4.45. The molecule has 0 fully saturated rings. The van der Waals surface area contributed by atoms with Gasteiger partial charge in [-0.15, -0.1) is 11.6 Å². The van der Waals surface area contributed by atoms with E-state index in [1.807, 2.05) is 0 Å². The van der Waals surface area contributed by atoms with E-state index in [1.165, 1.54) is 12.1 Å². The van der Waals surface area contributed by atoms with Crippen LogP contribution in [0.5, 0.6) is 5.75 Å². The van der Waals surface area contributed by atoms with Gasteiger partial charge in [-0.1, -0.05) is 0 Å². The van der Waals surface area contributed by atoms with Crippen molar-refractivity contribution in [3.63, 3.8) is 0 Å². The average molecular weight is 307 g/mol. The van der Waals surface area contributed by atoms with Crippen molar-refractivity contribution in [3.05, 3.63) is 29.3 Å². The van der Waals surface area contributed by atoms with Gasteiger partial charge in [0.05, 0.1) is 17.7 Å². The van der Waals surface area contributed by atoms with E-state index >= 15 is 0 Å². The largest absolute Gasteiger partial charge is 0.462 e. The van der Waals surface area contributed by atoms with Gasteiger partial charge in [0.1, 0.15) is 5.75 Å². The number of alkyl halides is 3. The molecule has 0 radical (unpaired) electrons. The van der Waals surface area contributed by atoms with Crippen LogP contribution < -0.4 is 4.74 Å². The first-order valence-electron chi connectivity index (χ1n) is 5.84. The van der Waals surface area contributed by atoms with Crippen molar-refractivity contribution < 1.29 is 27.8 Å². The second-order valence-electron chi connectivity index (χ2n) is 3.67. The molecule has 1 aromatic carbocycles. The maximum Gasteiger partial charge on any atom is 0.387 e. The molecule has 1 rings (SSSR count). The Morgan fingerprint density at radius 2 is 2.05 bits per heavy atom. The van der Waals surface area contributed by atoms with E-state index in [4.69, 9.17) is 16.3 Å². The Kier molecular flexibility index (Phi) is 6.38. The smallest absolute Gasteiger partial charge is 0.387 e. The summed E-state index contributed by atoms with van der Waals surface area (Å²) in [4.78, 5) is 23.2. The van der Waals surface area contributed by atoms with E-state index in [9.17, 15) is 18.4 Å². The minimum Gasteiger partial charge on any atom is -0.462 e. The highest BCUT2D eigenvalue weighted by Gasteiger charge is 2.18. The summed E-state index contributed by atoms with van der Waals surface area (Å²) < 4.78 is 33.7. The first-order chi connectivity index (χ1) is 9.49. The number of ether oxygens (including phenoxy) is 2. The molecule has 20 heavy (non-hydrogen) atoms. The number of halogens is 3. The number of carbonyl (C=O) groups is 2. The van der Waals surface area contributed by atoms with E-state index < -0.39 is 18.4 Å². The summed E-state index contributed by atoms with van der Waals surface area (Å²) in [5, 5.41) is 0. The Labute approximate surface area is 119 Å². The van der Waals surface area contributed by atoms with Crippen LogP contribution in [0.15, 0.2) is 18.2 Å². The lowest BCUT2D eigenvalue weighted by Crippen LogP contribution is -2.11. The Hall–Kier alpha value is -1.69. The Morgan fingerprint density at radius 1 is 1.35 bits per heavy atom. The maximum absolute atomic E-state index is 12.4. The number of rotatable bonds is 7. The highest BCUT2D eigenvalue weighted by atomic mass is 35.5. The molecule has 0 spiro atoms. The molecule has 0 aliphatic heterocycles. The molecule has 0 unspecified atom stereocenters. The Balaban J connectivity index is 3.12. The van der Waals surface area contributed by atoms with Gasteiger partial charge in [0.2, 0.25) is 0 Å². The summed E-state index contributed by atoms with van der Waals surface area (Å²) in [5.74, 6) is -1.42. The molecule has 0 N–H and O–H groups in total. The Morgan fingerprint density at radius 3 is 2.60 bits per heavy atom. The van der Waals surface area contributed by atoms with E-state index in [0.717, 1.165) is 6.07 Å². The van der Waals surface area contributed by atoms with Crippen molar-refractivity contribution >= 4 is 23.4 Å². The van der Waals surface area contributed by atoms with Crippen LogP contribution in [0.2, 0.25) is 0 Å². The lowest BCUT2D eigenvalue weighted by Gasteiger charge is -2.11. The fourth-order valence-corrected chi connectivity index (χ4v) is 1.68. The van der Waals surface area contributed by atoms with Gasteiger partial charge in [-0.3, -0.25) is 4.79 Å². The highest BCUT2D eigenvalue weighted by Crippen LogP contribution is 2.24. The van der Waals surface area contributed by atoms with E-state index in [1.54, 1.807) is 6.92 Å². The van der Waals surface area contributed by atoms with Gasteiger partial charge in [0.25, 0.3) is 0 Å². The van der Waals surface area contributed by atoms with Gasteiger partial charge in [0, 0.05) is 12.3 Å². The van der Waals surface area contributed by atoms with Crippen LogP contribution in [0, 0.1) is 0 Å². The number of ketones is 1. The molecular weight excluding hydrogens is 294 g/mol. The lowest BCUT2D eigenvalue weighted by molar-refractivity contribution is -0.0502. The van der Waals surface area contributed by atoms with Crippen LogP contribution in [0.4, 0.5) is 8.78 Å². The predicted octanol–water partition coefficient (Wildman–Crippen LogP) is 3.28. The van der Waals surface area contributed by atoms with Gasteiger partial charge in [-0.25, -0.2) is 4.79 Å². The summed E-state index contributed by atoms with van der Waals surface area (Å²) in [6.45, 7) is -1.33. The molecule has 0 heterocycles. The van der Waals surface area contributed by atoms with E-state index in [0.29, 0.717) is 0 Å². The second-order valence-corrected chi connectivity index (χ2v) is 4.05. The SMILES string of the molecule is CCOC(=O)c1ccc(C(=O)CCCl)c(OC(F)F)c1. The maximum atomic E-state index is 12.4. The van der Waals surface area contributed by atoms with Crippen molar-refractivity contribution in [1.82, 2.24) is 0 Å². The molecule has 4 nitrogen and oxygen atoms in total. The normalized spacial score (nSPS) is 10.4. The van der Waals surface area contributed by atoms with Gasteiger partial charge in [-0.2, -0.15) is 8.78 Å². The van der Waals surface area contributed by atoms with Gasteiger partial charge in [-0.05, 0) is 25.1 Å². The zero-order valence-electron chi connectivity index (χ0n) is 10.7. The Bertz CT molecular complexity index is 491. The topological polar surface area (TPSA) is 52.6 Å². The predicted molar refractivity (Wildman–Crippen MR) is 68.7 cm³/mol. The molecule has 110 valence electrons. The van der Waals surface area contributed by atoms with Gasteiger partial charge in [0.15, 0.2) is 5.78 Å². The standard InChI is InChI=1S/C13H13ClF2O4/c1-2-19-12(18)8-3-4-9(10(17)5-6-14)11(7-8)20-13(15)16/h3-4,7,13H,2,5-6H2,1H3. The number of Topliss-reactive ketones (excluding diaryl/α,β-unsaturated/α-hetero) is 1. The van der Waals surface area contributed by atoms with Crippen LogP contribution >= 0.6 is 11.6 Å². The van der Waals surface area contributed by atoms with Crippen LogP contribution in [-0.2, 0) is 4.74 Å². The lowest BCUT2D eigenvalue weighted by atomic mass is 10.0. The van der Waals surface area contributed by atoms with Crippen molar-refractivity contribution in [2.75, 3.05) is 12.5 Å². The summed E-state index contributed by atoms with van der Waals surface area (Å²) in [5.41, 5.74) is -0.0103. The molecule has 0 amide bonds. The van der Waals surface area contributed by atoms with Crippen molar-refractivity contribution in [2.24, 2.45) is 0 Å². The van der Waals surface area contributed by atoms with Gasteiger partial charge < -0.3 is 9.47 Å². The summed E-state index contributed by atoms with van der Waals surface area (Å²) in [6, 6.07) is 3.63. The average Bonchev–Trinajstić information content (AvgIpc) is 2.38. The molecule has 0 atom stereocenters. The number of carbonyl (C=O) groups excluding carboxylic acids is 2. The molecule has 0 aromatic heterocycles. The van der Waals surface area contributed by atoms with Gasteiger partial charge >= 0.3 is 12.6 Å². The fourth-order valence-electron chi connectivity index (χ4n) is 1.51. The highest BCUT2D eigenvalue weighted by molar-refractivity contribution is 6.19. The molecular formula is C13H13ClF2O4. The van der Waals surface area contributed by atoms with E-state index in [-0.39, 0.29) is 35.8 Å².